The predicted molar refractivity (Wildman–Crippen MR) is 93.8 cm³/mol. The minimum Gasteiger partial charge on any atom is -0.486 e. The van der Waals surface area contributed by atoms with Gasteiger partial charge in [-0.15, -0.1) is 0 Å². The van der Waals surface area contributed by atoms with E-state index in [-0.39, 0.29) is 5.91 Å². The van der Waals surface area contributed by atoms with Crippen molar-refractivity contribution in [1.82, 2.24) is 5.32 Å². The Kier molecular flexibility index (Phi) is 5.56. The van der Waals surface area contributed by atoms with Gasteiger partial charge in [0, 0.05) is 36.3 Å². The van der Waals surface area contributed by atoms with Crippen molar-refractivity contribution in [2.24, 2.45) is 0 Å². The number of hydrogen-bond donors (Lipinski definition) is 2. The summed E-state index contributed by atoms with van der Waals surface area (Å²) in [5.41, 5.74) is 1.72. The molecule has 126 valence electrons. The van der Waals surface area contributed by atoms with Gasteiger partial charge in [0.25, 0.3) is 0 Å². The Hall–Kier alpha value is -2.24. The molecule has 0 unspecified atom stereocenters. The van der Waals surface area contributed by atoms with Crippen LogP contribution < -0.4 is 20.1 Å². The molecule has 0 aliphatic carbocycles. The van der Waals surface area contributed by atoms with Gasteiger partial charge in [0.1, 0.15) is 13.2 Å². The molecule has 1 aliphatic heterocycles. The molecule has 0 bridgehead atoms. The quantitative estimate of drug-likeness (QED) is 0.788. The second-order valence-corrected chi connectivity index (χ2v) is 5.83. The molecular weight excluding hydrogens is 328 g/mol. The second kappa shape index (κ2) is 8.04. The van der Waals surface area contributed by atoms with Crippen LogP contribution in [0.3, 0.4) is 0 Å². The molecule has 0 saturated heterocycles. The first-order valence-corrected chi connectivity index (χ1v) is 8.24. The lowest BCUT2D eigenvalue weighted by atomic mass is 10.2. The topological polar surface area (TPSA) is 59.6 Å². The molecule has 2 N–H and O–H groups in total. The van der Waals surface area contributed by atoms with Gasteiger partial charge >= 0.3 is 0 Å². The Morgan fingerprint density at radius 3 is 2.71 bits per heavy atom. The number of benzene rings is 2. The van der Waals surface area contributed by atoms with Crippen LogP contribution in [0, 0.1) is 0 Å². The van der Waals surface area contributed by atoms with E-state index in [9.17, 15) is 4.79 Å². The number of carbonyl (C=O) groups is 1. The minimum absolute atomic E-state index is 0.0571. The molecule has 6 heteroatoms. The zero-order chi connectivity index (χ0) is 16.8. The summed E-state index contributed by atoms with van der Waals surface area (Å²) < 4.78 is 11.0. The summed E-state index contributed by atoms with van der Waals surface area (Å²) >= 11 is 6.09. The van der Waals surface area contributed by atoms with Gasteiger partial charge in [-0.25, -0.2) is 0 Å². The van der Waals surface area contributed by atoms with Crippen molar-refractivity contribution in [2.45, 2.75) is 13.0 Å². The van der Waals surface area contributed by atoms with Gasteiger partial charge in [-0.2, -0.15) is 0 Å². The van der Waals surface area contributed by atoms with Crippen LogP contribution in [-0.4, -0.2) is 25.7 Å². The summed E-state index contributed by atoms with van der Waals surface area (Å²) in [6, 6.07) is 13.0. The van der Waals surface area contributed by atoms with Gasteiger partial charge in [-0.1, -0.05) is 29.8 Å². The third-order valence-electron chi connectivity index (χ3n) is 3.63. The molecule has 0 atom stereocenters. The molecule has 0 aromatic heterocycles. The first-order chi connectivity index (χ1) is 11.7. The molecule has 1 amide bonds. The van der Waals surface area contributed by atoms with Crippen molar-refractivity contribution in [2.75, 3.05) is 25.1 Å². The lowest BCUT2D eigenvalue weighted by molar-refractivity contribution is -0.116. The largest absolute Gasteiger partial charge is 0.486 e. The van der Waals surface area contributed by atoms with Gasteiger partial charge in [0.15, 0.2) is 11.5 Å². The average molecular weight is 347 g/mol. The fourth-order valence-corrected chi connectivity index (χ4v) is 2.61. The van der Waals surface area contributed by atoms with Crippen molar-refractivity contribution in [3.63, 3.8) is 0 Å². The van der Waals surface area contributed by atoms with E-state index in [0.717, 1.165) is 10.6 Å². The number of hydrogen-bond acceptors (Lipinski definition) is 4. The Labute approximate surface area is 145 Å². The van der Waals surface area contributed by atoms with E-state index in [2.05, 4.69) is 10.6 Å². The SMILES string of the molecule is O=C(CCNCc1ccccc1Cl)Nc1ccc2c(c1)OCCO2. The number of rotatable bonds is 6. The van der Waals surface area contributed by atoms with Crippen molar-refractivity contribution >= 4 is 23.2 Å². The number of ether oxygens (including phenoxy) is 2. The predicted octanol–water partition coefficient (Wildman–Crippen LogP) is 3.23. The number of nitrogens with one attached hydrogen (secondary N) is 2. The van der Waals surface area contributed by atoms with E-state index in [1.165, 1.54) is 0 Å². The van der Waals surface area contributed by atoms with Gasteiger partial charge in [0.05, 0.1) is 0 Å². The van der Waals surface area contributed by atoms with Crippen molar-refractivity contribution < 1.29 is 14.3 Å². The molecule has 0 spiro atoms. The maximum atomic E-state index is 12.0. The summed E-state index contributed by atoms with van der Waals surface area (Å²) in [5.74, 6) is 1.31. The van der Waals surface area contributed by atoms with Crippen molar-refractivity contribution in [3.05, 3.63) is 53.1 Å². The van der Waals surface area contributed by atoms with E-state index < -0.39 is 0 Å². The van der Waals surface area contributed by atoms with E-state index in [4.69, 9.17) is 21.1 Å². The number of halogens is 1. The number of carbonyl (C=O) groups excluding carboxylic acids is 1. The first kappa shape index (κ1) is 16.6. The molecule has 1 heterocycles. The molecule has 0 saturated carbocycles. The highest BCUT2D eigenvalue weighted by Crippen LogP contribution is 2.32. The van der Waals surface area contributed by atoms with E-state index in [1.54, 1.807) is 12.1 Å². The molecule has 1 aliphatic rings. The average Bonchev–Trinajstić information content (AvgIpc) is 2.60. The molecule has 5 nitrogen and oxygen atoms in total. The summed E-state index contributed by atoms with van der Waals surface area (Å²) in [5, 5.41) is 6.81. The van der Waals surface area contributed by atoms with Gasteiger partial charge in [0.2, 0.25) is 5.91 Å². The standard InChI is InChI=1S/C18H19ClN2O3/c19-15-4-2-1-3-13(15)12-20-8-7-18(22)21-14-5-6-16-17(11-14)24-10-9-23-16/h1-6,11,20H,7-10,12H2,(H,21,22). The monoisotopic (exact) mass is 346 g/mol. The van der Waals surface area contributed by atoms with Crippen LogP contribution in [0.1, 0.15) is 12.0 Å². The molecule has 2 aromatic rings. The lowest BCUT2D eigenvalue weighted by Crippen LogP contribution is -2.22. The first-order valence-electron chi connectivity index (χ1n) is 7.86. The fraction of sp³-hybridized carbons (Fsp3) is 0.278. The van der Waals surface area contributed by atoms with E-state index in [1.807, 2.05) is 30.3 Å². The molecule has 24 heavy (non-hydrogen) atoms. The highest BCUT2D eigenvalue weighted by molar-refractivity contribution is 6.31. The number of fused-ring (bicyclic) bond motifs is 1. The third kappa shape index (κ3) is 4.40. The summed E-state index contributed by atoms with van der Waals surface area (Å²) in [6.45, 7) is 2.28. The smallest absolute Gasteiger partial charge is 0.225 e. The van der Waals surface area contributed by atoms with Crippen LogP contribution in [0.5, 0.6) is 11.5 Å². The Bertz CT molecular complexity index is 721. The van der Waals surface area contributed by atoms with Crippen LogP contribution in [0.15, 0.2) is 42.5 Å². The normalized spacial score (nSPS) is 12.7. The van der Waals surface area contributed by atoms with Crippen LogP contribution in [-0.2, 0) is 11.3 Å². The van der Waals surface area contributed by atoms with Crippen LogP contribution >= 0.6 is 11.6 Å². The summed E-state index contributed by atoms with van der Waals surface area (Å²) in [7, 11) is 0. The molecule has 0 fully saturated rings. The molecule has 0 radical (unpaired) electrons. The van der Waals surface area contributed by atoms with Crippen molar-refractivity contribution in [1.29, 1.82) is 0 Å². The Morgan fingerprint density at radius 2 is 1.88 bits per heavy atom. The Balaban J connectivity index is 1.43. The van der Waals surface area contributed by atoms with Crippen LogP contribution in [0.4, 0.5) is 5.69 Å². The fourth-order valence-electron chi connectivity index (χ4n) is 2.41. The highest BCUT2D eigenvalue weighted by atomic mass is 35.5. The molecule has 2 aromatic carbocycles. The van der Waals surface area contributed by atoms with Gasteiger partial charge < -0.3 is 20.1 Å². The van der Waals surface area contributed by atoms with Gasteiger partial charge in [-0.05, 0) is 23.8 Å². The summed E-state index contributed by atoms with van der Waals surface area (Å²) in [4.78, 5) is 12.0. The minimum atomic E-state index is -0.0571. The number of amides is 1. The second-order valence-electron chi connectivity index (χ2n) is 5.42. The zero-order valence-electron chi connectivity index (χ0n) is 13.2. The van der Waals surface area contributed by atoms with E-state index >= 15 is 0 Å². The van der Waals surface area contributed by atoms with Gasteiger partial charge in [-0.3, -0.25) is 4.79 Å². The molecule has 3 rings (SSSR count). The summed E-state index contributed by atoms with van der Waals surface area (Å²) in [6.07, 6.45) is 0.374. The van der Waals surface area contributed by atoms with Crippen LogP contribution in [0.25, 0.3) is 0 Å². The third-order valence-corrected chi connectivity index (χ3v) is 4.00. The molecular formula is C18H19ClN2O3. The van der Waals surface area contributed by atoms with E-state index in [0.29, 0.717) is 49.9 Å². The highest BCUT2D eigenvalue weighted by Gasteiger charge is 2.12. The maximum Gasteiger partial charge on any atom is 0.225 e. The maximum absolute atomic E-state index is 12.0. The number of anilines is 1. The van der Waals surface area contributed by atoms with Crippen LogP contribution in [0.2, 0.25) is 5.02 Å². The lowest BCUT2D eigenvalue weighted by Gasteiger charge is -2.19. The zero-order valence-corrected chi connectivity index (χ0v) is 13.9. The van der Waals surface area contributed by atoms with Crippen molar-refractivity contribution in [3.8, 4) is 11.5 Å². The Morgan fingerprint density at radius 1 is 1.08 bits per heavy atom.